The molecule has 8 heteroatoms. The predicted octanol–water partition coefficient (Wildman–Crippen LogP) is 0.412. The van der Waals surface area contributed by atoms with Crippen molar-refractivity contribution >= 4 is 23.6 Å². The zero-order valence-electron chi connectivity index (χ0n) is 14.4. The number of piperidine rings is 1. The van der Waals surface area contributed by atoms with Gasteiger partial charge >= 0.3 is 5.97 Å². The van der Waals surface area contributed by atoms with Gasteiger partial charge in [-0.3, -0.25) is 9.59 Å². The Morgan fingerprint density at radius 2 is 2.04 bits per heavy atom. The lowest BCUT2D eigenvalue weighted by Crippen LogP contribution is -2.40. The molecule has 1 aromatic rings. The first kappa shape index (κ1) is 16.1. The highest BCUT2D eigenvalue weighted by molar-refractivity contribution is 5.93. The average Bonchev–Trinajstić information content (AvgIpc) is 3.14. The number of nitrogens with zero attached hydrogens (tertiary/aromatic N) is 4. The van der Waals surface area contributed by atoms with Crippen molar-refractivity contribution in [3.05, 3.63) is 11.8 Å². The summed E-state index contributed by atoms with van der Waals surface area (Å²) in [5, 5.41) is 12.4. The third-order valence-corrected chi connectivity index (χ3v) is 5.66. The molecule has 3 fully saturated rings. The zero-order valence-corrected chi connectivity index (χ0v) is 14.4. The van der Waals surface area contributed by atoms with Gasteiger partial charge in [-0.2, -0.15) is 4.98 Å². The molecular formula is C17H23N5O3. The van der Waals surface area contributed by atoms with Crippen molar-refractivity contribution in [2.75, 3.05) is 42.5 Å². The SMILES string of the molecule is Cc1cc(N2C[C@H]3C(=O)NC[C@@]3(C(=O)O)C2)nc(N2CCCCC2)n1. The number of carbonyl (C=O) groups excluding carboxylic acids is 1. The molecule has 3 aliphatic rings. The maximum absolute atomic E-state index is 12.1. The summed E-state index contributed by atoms with van der Waals surface area (Å²) in [7, 11) is 0. The first-order valence-electron chi connectivity index (χ1n) is 8.86. The van der Waals surface area contributed by atoms with Gasteiger partial charge in [0, 0.05) is 44.5 Å². The number of aryl methyl sites for hydroxylation is 1. The standard InChI is InChI=1S/C17H23N5O3/c1-11-7-13(20-16(19-11)21-5-3-2-4-6-21)22-8-12-14(23)18-9-17(12,10-22)15(24)25/h7,12H,2-6,8-10H2,1H3,(H,18,23)(H,24,25)/t12-,17+/m0/s1. The molecule has 0 saturated carbocycles. The maximum Gasteiger partial charge on any atom is 0.314 e. The fourth-order valence-electron chi connectivity index (χ4n) is 4.19. The van der Waals surface area contributed by atoms with E-state index in [1.165, 1.54) is 6.42 Å². The number of aliphatic carboxylic acids is 1. The summed E-state index contributed by atoms with van der Waals surface area (Å²) in [6.45, 7) is 4.69. The van der Waals surface area contributed by atoms with E-state index in [9.17, 15) is 14.7 Å². The largest absolute Gasteiger partial charge is 0.481 e. The van der Waals surface area contributed by atoms with Gasteiger partial charge in [0.25, 0.3) is 0 Å². The van der Waals surface area contributed by atoms with Crippen molar-refractivity contribution in [1.82, 2.24) is 15.3 Å². The van der Waals surface area contributed by atoms with E-state index in [4.69, 9.17) is 4.98 Å². The summed E-state index contributed by atoms with van der Waals surface area (Å²) >= 11 is 0. The van der Waals surface area contributed by atoms with Gasteiger partial charge in [0.15, 0.2) is 0 Å². The number of amides is 1. The summed E-state index contributed by atoms with van der Waals surface area (Å²) < 4.78 is 0. The molecule has 8 nitrogen and oxygen atoms in total. The number of hydrogen-bond acceptors (Lipinski definition) is 6. The minimum atomic E-state index is -1.05. The van der Waals surface area contributed by atoms with Crippen LogP contribution in [0.15, 0.2) is 6.07 Å². The van der Waals surface area contributed by atoms with E-state index in [1.807, 2.05) is 17.9 Å². The topological polar surface area (TPSA) is 98.7 Å². The summed E-state index contributed by atoms with van der Waals surface area (Å²) in [5.74, 6) is -0.192. The van der Waals surface area contributed by atoms with Crippen LogP contribution in [0.4, 0.5) is 11.8 Å². The lowest BCUT2D eigenvalue weighted by Gasteiger charge is -2.28. The lowest BCUT2D eigenvalue weighted by atomic mass is 9.81. The quantitative estimate of drug-likeness (QED) is 0.819. The average molecular weight is 345 g/mol. The van der Waals surface area contributed by atoms with Gasteiger partial charge in [-0.05, 0) is 26.2 Å². The molecule has 1 aromatic heterocycles. The van der Waals surface area contributed by atoms with E-state index in [0.29, 0.717) is 19.0 Å². The Hall–Kier alpha value is -2.38. The van der Waals surface area contributed by atoms with Crippen molar-refractivity contribution < 1.29 is 14.7 Å². The monoisotopic (exact) mass is 345 g/mol. The Morgan fingerprint density at radius 3 is 2.72 bits per heavy atom. The van der Waals surface area contributed by atoms with E-state index < -0.39 is 17.3 Å². The lowest BCUT2D eigenvalue weighted by molar-refractivity contribution is -0.149. The maximum atomic E-state index is 12.1. The van der Waals surface area contributed by atoms with Crippen LogP contribution < -0.4 is 15.1 Å². The van der Waals surface area contributed by atoms with Gasteiger partial charge in [-0.25, -0.2) is 4.98 Å². The third kappa shape index (κ3) is 2.60. The molecule has 3 saturated heterocycles. The van der Waals surface area contributed by atoms with Gasteiger partial charge in [0.05, 0.1) is 5.92 Å². The van der Waals surface area contributed by atoms with Gasteiger partial charge in [0.1, 0.15) is 11.2 Å². The number of aromatic nitrogens is 2. The van der Waals surface area contributed by atoms with Crippen molar-refractivity contribution in [1.29, 1.82) is 0 Å². The van der Waals surface area contributed by atoms with E-state index in [-0.39, 0.29) is 12.5 Å². The first-order valence-corrected chi connectivity index (χ1v) is 8.86. The fourth-order valence-corrected chi connectivity index (χ4v) is 4.19. The van der Waals surface area contributed by atoms with Crippen LogP contribution in [0.2, 0.25) is 0 Å². The molecule has 0 aromatic carbocycles. The van der Waals surface area contributed by atoms with Crippen LogP contribution in [0.1, 0.15) is 25.0 Å². The minimum absolute atomic E-state index is 0.174. The van der Waals surface area contributed by atoms with Crippen molar-refractivity contribution in [2.24, 2.45) is 11.3 Å². The molecule has 134 valence electrons. The summed E-state index contributed by atoms with van der Waals surface area (Å²) in [4.78, 5) is 37.3. The molecule has 0 spiro atoms. The number of carboxylic acid groups (broad SMARTS) is 1. The van der Waals surface area contributed by atoms with E-state index in [1.54, 1.807) is 0 Å². The highest BCUT2D eigenvalue weighted by Crippen LogP contribution is 2.41. The summed E-state index contributed by atoms with van der Waals surface area (Å²) in [5.41, 5.74) is -0.197. The van der Waals surface area contributed by atoms with Gasteiger partial charge < -0.3 is 20.2 Å². The third-order valence-electron chi connectivity index (χ3n) is 5.66. The van der Waals surface area contributed by atoms with Gasteiger partial charge in [-0.1, -0.05) is 0 Å². The van der Waals surface area contributed by atoms with E-state index in [2.05, 4.69) is 15.2 Å². The number of carboxylic acids is 1. The van der Waals surface area contributed by atoms with Crippen LogP contribution in [0.25, 0.3) is 0 Å². The number of rotatable bonds is 3. The summed E-state index contributed by atoms with van der Waals surface area (Å²) in [6.07, 6.45) is 3.51. The first-order chi connectivity index (χ1) is 12.0. The molecule has 0 unspecified atom stereocenters. The molecule has 25 heavy (non-hydrogen) atoms. The molecule has 1 amide bonds. The second kappa shape index (κ2) is 5.86. The van der Waals surface area contributed by atoms with Crippen LogP contribution in [0.5, 0.6) is 0 Å². The number of hydrogen-bond donors (Lipinski definition) is 2. The van der Waals surface area contributed by atoms with Crippen molar-refractivity contribution in [2.45, 2.75) is 26.2 Å². The number of anilines is 2. The highest BCUT2D eigenvalue weighted by Gasteiger charge is 2.59. The Bertz CT molecular complexity index is 718. The molecule has 0 bridgehead atoms. The predicted molar refractivity (Wildman–Crippen MR) is 91.6 cm³/mol. The van der Waals surface area contributed by atoms with Gasteiger partial charge in [0.2, 0.25) is 11.9 Å². The van der Waals surface area contributed by atoms with Crippen molar-refractivity contribution in [3.8, 4) is 0 Å². The second-order valence-corrected chi connectivity index (χ2v) is 7.33. The molecular weight excluding hydrogens is 322 g/mol. The number of fused-ring (bicyclic) bond motifs is 1. The zero-order chi connectivity index (χ0) is 17.6. The molecule has 2 atom stereocenters. The second-order valence-electron chi connectivity index (χ2n) is 7.33. The van der Waals surface area contributed by atoms with Gasteiger partial charge in [-0.15, -0.1) is 0 Å². The summed E-state index contributed by atoms with van der Waals surface area (Å²) in [6, 6.07) is 1.88. The molecule has 3 aliphatic heterocycles. The Morgan fingerprint density at radius 1 is 1.28 bits per heavy atom. The van der Waals surface area contributed by atoms with E-state index in [0.717, 1.165) is 37.4 Å². The Balaban J connectivity index is 1.63. The number of carbonyl (C=O) groups is 2. The van der Waals surface area contributed by atoms with Crippen LogP contribution in [0.3, 0.4) is 0 Å². The van der Waals surface area contributed by atoms with Crippen molar-refractivity contribution in [3.63, 3.8) is 0 Å². The smallest absolute Gasteiger partial charge is 0.314 e. The molecule has 2 N–H and O–H groups in total. The van der Waals surface area contributed by atoms with Crippen LogP contribution in [0, 0.1) is 18.3 Å². The minimum Gasteiger partial charge on any atom is -0.481 e. The van der Waals surface area contributed by atoms with Crippen LogP contribution in [-0.2, 0) is 9.59 Å². The van der Waals surface area contributed by atoms with Crippen LogP contribution in [-0.4, -0.2) is 59.7 Å². The van der Waals surface area contributed by atoms with Crippen LogP contribution >= 0.6 is 0 Å². The highest BCUT2D eigenvalue weighted by atomic mass is 16.4. The molecule has 0 aliphatic carbocycles. The molecule has 4 heterocycles. The molecule has 0 radical (unpaired) electrons. The molecule has 4 rings (SSSR count). The Kier molecular flexibility index (Phi) is 3.77. The van der Waals surface area contributed by atoms with E-state index >= 15 is 0 Å². The normalized spacial score (nSPS) is 28.8. The Labute approximate surface area is 146 Å². The fraction of sp³-hybridized carbons (Fsp3) is 0.647. The number of nitrogens with one attached hydrogen (secondary N) is 1.